The van der Waals surface area contributed by atoms with E-state index in [9.17, 15) is 4.79 Å². The van der Waals surface area contributed by atoms with Gasteiger partial charge in [-0.05, 0) is 36.2 Å². The van der Waals surface area contributed by atoms with Crippen LogP contribution in [0.4, 0.5) is 0 Å². The first kappa shape index (κ1) is 24.0. The molecular weight excluding hydrogens is 491 g/mol. The molecule has 28 heavy (non-hydrogen) atoms. The first-order valence-corrected chi connectivity index (χ1v) is 9.12. The summed E-state index contributed by atoms with van der Waals surface area (Å²) in [6, 6.07) is 14.8. The molecule has 0 atom stereocenters. The lowest BCUT2D eigenvalue weighted by Gasteiger charge is -2.13. The summed E-state index contributed by atoms with van der Waals surface area (Å²) in [5.74, 6) is 1.33. The van der Waals surface area contributed by atoms with E-state index in [1.54, 1.807) is 32.4 Å². The predicted octanol–water partition coefficient (Wildman–Crippen LogP) is 3.10. The molecule has 152 valence electrons. The minimum atomic E-state index is -0.0884. The summed E-state index contributed by atoms with van der Waals surface area (Å²) < 4.78 is 5.15. The largest absolute Gasteiger partial charge is 0.497 e. The van der Waals surface area contributed by atoms with Crippen molar-refractivity contribution < 1.29 is 9.53 Å². The molecule has 2 aromatic rings. The van der Waals surface area contributed by atoms with Crippen molar-refractivity contribution in [2.75, 3.05) is 33.8 Å². The fourth-order valence-corrected chi connectivity index (χ4v) is 2.71. The number of carbonyl (C=O) groups is 1. The van der Waals surface area contributed by atoms with Gasteiger partial charge in [-0.1, -0.05) is 35.9 Å². The molecule has 0 aliphatic heterocycles. The quantitative estimate of drug-likeness (QED) is 0.218. The molecule has 3 N–H and O–H groups in total. The van der Waals surface area contributed by atoms with Gasteiger partial charge in [-0.2, -0.15) is 0 Å². The summed E-state index contributed by atoms with van der Waals surface area (Å²) in [5.41, 5.74) is 1.69. The summed E-state index contributed by atoms with van der Waals surface area (Å²) in [7, 11) is 3.32. The molecule has 0 fully saturated rings. The lowest BCUT2D eigenvalue weighted by atomic mass is 10.1. The van der Waals surface area contributed by atoms with E-state index in [-0.39, 0.29) is 29.9 Å². The van der Waals surface area contributed by atoms with Gasteiger partial charge in [0.25, 0.3) is 5.91 Å². The van der Waals surface area contributed by atoms with Crippen LogP contribution in [-0.4, -0.2) is 45.7 Å². The third-order valence-electron chi connectivity index (χ3n) is 3.91. The first-order chi connectivity index (χ1) is 13.1. The SMILES string of the molecule is CN=C(NCCNC(=O)c1ccccc1)NCCc1ccc(OC)cc1Cl.I. The van der Waals surface area contributed by atoms with E-state index in [2.05, 4.69) is 20.9 Å². The highest BCUT2D eigenvalue weighted by atomic mass is 127. The molecular formula is C20H26ClIN4O2. The van der Waals surface area contributed by atoms with E-state index in [0.717, 1.165) is 17.7 Å². The van der Waals surface area contributed by atoms with Gasteiger partial charge >= 0.3 is 0 Å². The molecule has 1 amide bonds. The number of amides is 1. The second-order valence-corrected chi connectivity index (χ2v) is 6.16. The molecule has 0 aliphatic carbocycles. The molecule has 2 aromatic carbocycles. The van der Waals surface area contributed by atoms with Crippen LogP contribution < -0.4 is 20.7 Å². The van der Waals surface area contributed by atoms with Crippen molar-refractivity contribution >= 4 is 47.4 Å². The molecule has 0 saturated carbocycles. The number of guanidine groups is 1. The van der Waals surface area contributed by atoms with Gasteiger partial charge in [-0.3, -0.25) is 9.79 Å². The van der Waals surface area contributed by atoms with Crippen molar-refractivity contribution in [2.45, 2.75) is 6.42 Å². The number of ether oxygens (including phenoxy) is 1. The molecule has 6 nitrogen and oxygen atoms in total. The third kappa shape index (κ3) is 7.93. The van der Waals surface area contributed by atoms with Crippen LogP contribution in [0.25, 0.3) is 0 Å². The summed E-state index contributed by atoms with van der Waals surface area (Å²) in [6.07, 6.45) is 0.758. The molecule has 0 heterocycles. The average molecular weight is 517 g/mol. The van der Waals surface area contributed by atoms with Crippen molar-refractivity contribution in [3.05, 3.63) is 64.7 Å². The van der Waals surface area contributed by atoms with Crippen LogP contribution in [0.2, 0.25) is 5.02 Å². The van der Waals surface area contributed by atoms with Crippen LogP contribution in [0.3, 0.4) is 0 Å². The zero-order valence-corrected chi connectivity index (χ0v) is 19.1. The van der Waals surface area contributed by atoms with Crippen LogP contribution in [0, 0.1) is 0 Å². The molecule has 0 bridgehead atoms. The highest BCUT2D eigenvalue weighted by Crippen LogP contribution is 2.22. The van der Waals surface area contributed by atoms with E-state index in [0.29, 0.717) is 36.2 Å². The van der Waals surface area contributed by atoms with Crippen LogP contribution in [0.15, 0.2) is 53.5 Å². The van der Waals surface area contributed by atoms with Crippen LogP contribution >= 0.6 is 35.6 Å². The topological polar surface area (TPSA) is 74.8 Å². The number of carbonyl (C=O) groups excluding carboxylic acids is 1. The van der Waals surface area contributed by atoms with Gasteiger partial charge in [0.15, 0.2) is 5.96 Å². The monoisotopic (exact) mass is 516 g/mol. The fourth-order valence-electron chi connectivity index (χ4n) is 2.44. The van der Waals surface area contributed by atoms with Crippen LogP contribution in [0.1, 0.15) is 15.9 Å². The first-order valence-electron chi connectivity index (χ1n) is 8.74. The van der Waals surface area contributed by atoms with E-state index >= 15 is 0 Å². The molecule has 2 rings (SSSR count). The Kier molecular flexibility index (Phi) is 11.4. The maximum Gasteiger partial charge on any atom is 0.251 e. The maximum atomic E-state index is 12.0. The van der Waals surface area contributed by atoms with Gasteiger partial charge in [0, 0.05) is 37.3 Å². The van der Waals surface area contributed by atoms with Gasteiger partial charge in [0.05, 0.1) is 7.11 Å². The molecule has 8 heteroatoms. The molecule has 0 aliphatic rings. The maximum absolute atomic E-state index is 12.0. The Morgan fingerprint density at radius 2 is 1.71 bits per heavy atom. The van der Waals surface area contributed by atoms with E-state index < -0.39 is 0 Å². The third-order valence-corrected chi connectivity index (χ3v) is 4.26. The van der Waals surface area contributed by atoms with Gasteiger partial charge in [0.2, 0.25) is 0 Å². The number of nitrogens with zero attached hydrogens (tertiary/aromatic N) is 1. The van der Waals surface area contributed by atoms with Gasteiger partial charge in [0.1, 0.15) is 5.75 Å². The average Bonchev–Trinajstić information content (AvgIpc) is 2.71. The highest BCUT2D eigenvalue weighted by molar-refractivity contribution is 14.0. The number of nitrogens with one attached hydrogen (secondary N) is 3. The Morgan fingerprint density at radius 1 is 1.04 bits per heavy atom. The minimum Gasteiger partial charge on any atom is -0.497 e. The highest BCUT2D eigenvalue weighted by Gasteiger charge is 2.05. The number of hydrogen-bond donors (Lipinski definition) is 3. The Morgan fingerprint density at radius 3 is 2.36 bits per heavy atom. The number of rotatable bonds is 8. The Hall–Kier alpha value is -2.00. The summed E-state index contributed by atoms with van der Waals surface area (Å²) in [5, 5.41) is 9.94. The van der Waals surface area contributed by atoms with Crippen molar-refractivity contribution in [3.8, 4) is 5.75 Å². The zero-order valence-electron chi connectivity index (χ0n) is 16.0. The van der Waals surface area contributed by atoms with Gasteiger partial charge in [-0.15, -0.1) is 24.0 Å². The van der Waals surface area contributed by atoms with E-state index in [4.69, 9.17) is 16.3 Å². The molecule has 0 spiro atoms. The lowest BCUT2D eigenvalue weighted by Crippen LogP contribution is -2.42. The predicted molar refractivity (Wildman–Crippen MR) is 125 cm³/mol. The van der Waals surface area contributed by atoms with Gasteiger partial charge in [-0.25, -0.2) is 0 Å². The van der Waals surface area contributed by atoms with Crippen molar-refractivity contribution in [3.63, 3.8) is 0 Å². The van der Waals surface area contributed by atoms with Gasteiger partial charge < -0.3 is 20.7 Å². The molecule has 0 aromatic heterocycles. The summed E-state index contributed by atoms with van der Waals surface area (Å²) in [4.78, 5) is 16.1. The summed E-state index contributed by atoms with van der Waals surface area (Å²) >= 11 is 6.25. The fraction of sp³-hybridized carbons (Fsp3) is 0.300. The van der Waals surface area contributed by atoms with Crippen LogP contribution in [0.5, 0.6) is 5.75 Å². The van der Waals surface area contributed by atoms with E-state index in [1.807, 2.05) is 30.3 Å². The smallest absolute Gasteiger partial charge is 0.251 e. The minimum absolute atomic E-state index is 0. The second kappa shape index (κ2) is 13.2. The number of halogens is 2. The van der Waals surface area contributed by atoms with Crippen LogP contribution in [-0.2, 0) is 6.42 Å². The number of aliphatic imine (C=N–C) groups is 1. The lowest BCUT2D eigenvalue weighted by molar-refractivity contribution is 0.0954. The second-order valence-electron chi connectivity index (χ2n) is 5.76. The number of hydrogen-bond acceptors (Lipinski definition) is 3. The molecule has 0 radical (unpaired) electrons. The molecule has 0 saturated heterocycles. The van der Waals surface area contributed by atoms with E-state index in [1.165, 1.54) is 0 Å². The van der Waals surface area contributed by atoms with Crippen molar-refractivity contribution in [1.82, 2.24) is 16.0 Å². The normalized spacial score (nSPS) is 10.6. The zero-order chi connectivity index (χ0) is 19.5. The summed E-state index contributed by atoms with van der Waals surface area (Å²) in [6.45, 7) is 1.75. The van der Waals surface area contributed by atoms with Crippen molar-refractivity contribution in [1.29, 1.82) is 0 Å². The standard InChI is InChI=1S/C20H25ClN4O2.HI/c1-22-20(24-11-10-15-8-9-17(27-2)14-18(15)21)25-13-12-23-19(26)16-6-4-3-5-7-16;/h3-9,14H,10-13H2,1-2H3,(H,23,26)(H2,22,24,25);1H. The Bertz CT molecular complexity index is 772. The Balaban J connectivity index is 0.00000392. The molecule has 0 unspecified atom stereocenters. The Labute approximate surface area is 188 Å². The number of benzene rings is 2. The number of methoxy groups -OCH3 is 1. The van der Waals surface area contributed by atoms with Crippen molar-refractivity contribution in [2.24, 2.45) is 4.99 Å².